The van der Waals surface area contributed by atoms with E-state index in [1.807, 2.05) is 19.1 Å². The van der Waals surface area contributed by atoms with Crippen molar-refractivity contribution in [3.63, 3.8) is 0 Å². The number of anilines is 2. The Morgan fingerprint density at radius 2 is 2.33 bits per heavy atom. The number of hydrogen-bond acceptors (Lipinski definition) is 6. The van der Waals surface area contributed by atoms with Gasteiger partial charge < -0.3 is 11.1 Å². The zero-order valence-corrected chi connectivity index (χ0v) is 10.3. The van der Waals surface area contributed by atoms with Crippen LogP contribution in [0.5, 0.6) is 0 Å². The fourth-order valence-electron chi connectivity index (χ4n) is 1.11. The van der Waals surface area contributed by atoms with Crippen molar-refractivity contribution >= 4 is 45.6 Å². The van der Waals surface area contributed by atoms with Crippen LogP contribution in [-0.4, -0.2) is 9.36 Å². The zero-order valence-electron chi connectivity index (χ0n) is 7.90. The molecule has 0 saturated heterocycles. The van der Waals surface area contributed by atoms with E-state index >= 15 is 0 Å². The quantitative estimate of drug-likeness (QED) is 0.891. The molecular formula is C8H9ClN4S2. The molecule has 7 heteroatoms. The third-order valence-corrected chi connectivity index (χ3v) is 3.88. The summed E-state index contributed by atoms with van der Waals surface area (Å²) in [6.07, 6.45) is 0. The maximum Gasteiger partial charge on any atom is 0.233 e. The Labute approximate surface area is 100 Å². The third kappa shape index (κ3) is 2.58. The molecule has 2 heterocycles. The van der Waals surface area contributed by atoms with Gasteiger partial charge >= 0.3 is 0 Å². The number of hydrogen-bond donors (Lipinski definition) is 2. The number of nitrogen functional groups attached to an aromatic ring is 1. The van der Waals surface area contributed by atoms with Crippen LogP contribution < -0.4 is 11.1 Å². The van der Waals surface area contributed by atoms with E-state index in [1.54, 1.807) is 11.3 Å². The lowest BCUT2D eigenvalue weighted by molar-refractivity contribution is 0.905. The van der Waals surface area contributed by atoms with E-state index in [9.17, 15) is 0 Å². The summed E-state index contributed by atoms with van der Waals surface area (Å²) in [6, 6.07) is 4.04. The van der Waals surface area contributed by atoms with Gasteiger partial charge in [-0.1, -0.05) is 11.6 Å². The van der Waals surface area contributed by atoms with E-state index in [-0.39, 0.29) is 6.04 Å². The maximum absolute atomic E-state index is 5.86. The third-order valence-electron chi connectivity index (χ3n) is 1.80. The van der Waals surface area contributed by atoms with Gasteiger partial charge in [-0.2, -0.15) is 9.36 Å². The van der Waals surface area contributed by atoms with E-state index in [4.69, 9.17) is 17.3 Å². The van der Waals surface area contributed by atoms with Crippen molar-refractivity contribution in [3.8, 4) is 0 Å². The normalized spacial score (nSPS) is 12.7. The van der Waals surface area contributed by atoms with E-state index in [1.165, 1.54) is 11.5 Å². The number of rotatable bonds is 3. The molecule has 0 radical (unpaired) electrons. The van der Waals surface area contributed by atoms with Crippen LogP contribution in [0.3, 0.4) is 0 Å². The molecule has 3 N–H and O–H groups in total. The molecular weight excluding hydrogens is 252 g/mol. The number of nitrogens with two attached hydrogens (primary N) is 1. The molecule has 0 amide bonds. The number of nitrogens with zero attached hydrogens (tertiary/aromatic N) is 2. The van der Waals surface area contributed by atoms with Crippen molar-refractivity contribution in [2.24, 2.45) is 0 Å². The molecule has 0 saturated carbocycles. The standard InChI is InChI=1S/C8H9ClN4S2/c1-4(5-2-3-6(9)14-5)11-8-12-7(10)13-15-8/h2-4H,1H3,(H3,10,11,12,13). The van der Waals surface area contributed by atoms with E-state index in [0.717, 1.165) is 14.3 Å². The molecule has 0 bridgehead atoms. The van der Waals surface area contributed by atoms with Gasteiger partial charge in [0, 0.05) is 16.4 Å². The Morgan fingerprint density at radius 1 is 1.53 bits per heavy atom. The van der Waals surface area contributed by atoms with Crippen LogP contribution in [0.4, 0.5) is 11.1 Å². The molecule has 0 aliphatic heterocycles. The number of nitrogens with one attached hydrogen (secondary N) is 1. The fraction of sp³-hybridized carbons (Fsp3) is 0.250. The van der Waals surface area contributed by atoms with Gasteiger partial charge in [-0.15, -0.1) is 11.3 Å². The van der Waals surface area contributed by atoms with Crippen LogP contribution in [0.1, 0.15) is 17.8 Å². The predicted octanol–water partition coefficient (Wildman–Crippen LogP) is 3.01. The first-order valence-corrected chi connectivity index (χ1v) is 6.23. The van der Waals surface area contributed by atoms with Crippen LogP contribution in [0.15, 0.2) is 12.1 Å². The van der Waals surface area contributed by atoms with Gasteiger partial charge in [0.25, 0.3) is 0 Å². The van der Waals surface area contributed by atoms with Crippen LogP contribution in [-0.2, 0) is 0 Å². The Balaban J connectivity index is 2.06. The highest BCUT2D eigenvalue weighted by Crippen LogP contribution is 2.29. The number of thiophene rings is 1. The van der Waals surface area contributed by atoms with Gasteiger partial charge in [-0.3, -0.25) is 0 Å². The Morgan fingerprint density at radius 3 is 2.87 bits per heavy atom. The van der Waals surface area contributed by atoms with Gasteiger partial charge in [0.15, 0.2) is 0 Å². The second-order valence-corrected chi connectivity index (χ2v) is 5.46. The van der Waals surface area contributed by atoms with Gasteiger partial charge in [0.05, 0.1) is 10.4 Å². The summed E-state index contributed by atoms with van der Waals surface area (Å²) in [6.45, 7) is 2.04. The molecule has 2 aromatic heterocycles. The van der Waals surface area contributed by atoms with E-state index in [0.29, 0.717) is 5.95 Å². The molecule has 0 aliphatic rings. The lowest BCUT2D eigenvalue weighted by Crippen LogP contribution is -2.04. The summed E-state index contributed by atoms with van der Waals surface area (Å²) < 4.78 is 4.68. The molecule has 0 aliphatic carbocycles. The lowest BCUT2D eigenvalue weighted by atomic mass is 10.3. The van der Waals surface area contributed by atoms with E-state index < -0.39 is 0 Å². The molecule has 15 heavy (non-hydrogen) atoms. The topological polar surface area (TPSA) is 63.8 Å². The highest BCUT2D eigenvalue weighted by Gasteiger charge is 2.10. The SMILES string of the molecule is CC(Nc1nc(N)ns1)c1ccc(Cl)s1. The van der Waals surface area contributed by atoms with Gasteiger partial charge in [-0.25, -0.2) is 0 Å². The molecule has 0 aromatic carbocycles. The molecule has 0 spiro atoms. The molecule has 4 nitrogen and oxygen atoms in total. The van der Waals surface area contributed by atoms with Crippen molar-refractivity contribution < 1.29 is 0 Å². The highest BCUT2D eigenvalue weighted by molar-refractivity contribution is 7.16. The summed E-state index contributed by atoms with van der Waals surface area (Å²) in [7, 11) is 0. The average Bonchev–Trinajstić information content (AvgIpc) is 2.75. The number of halogens is 1. The molecule has 1 unspecified atom stereocenters. The first-order valence-electron chi connectivity index (χ1n) is 4.26. The minimum absolute atomic E-state index is 0.162. The molecule has 2 rings (SSSR count). The van der Waals surface area contributed by atoms with Crippen molar-refractivity contribution in [1.82, 2.24) is 9.36 Å². The highest BCUT2D eigenvalue weighted by atomic mass is 35.5. The van der Waals surface area contributed by atoms with Gasteiger partial charge in [-0.05, 0) is 19.1 Å². The largest absolute Gasteiger partial charge is 0.367 e. The minimum Gasteiger partial charge on any atom is -0.367 e. The van der Waals surface area contributed by atoms with E-state index in [2.05, 4.69) is 14.7 Å². The van der Waals surface area contributed by atoms with Crippen molar-refractivity contribution in [2.45, 2.75) is 13.0 Å². The summed E-state index contributed by atoms with van der Waals surface area (Å²) in [5, 5.41) is 3.94. The molecule has 80 valence electrons. The summed E-state index contributed by atoms with van der Waals surface area (Å²) in [5.41, 5.74) is 5.43. The first kappa shape index (κ1) is 10.7. The Bertz CT molecular complexity index is 453. The lowest BCUT2D eigenvalue weighted by Gasteiger charge is -2.09. The van der Waals surface area contributed by atoms with Crippen LogP contribution in [0.25, 0.3) is 0 Å². The van der Waals surface area contributed by atoms with Crippen molar-refractivity contribution in [3.05, 3.63) is 21.3 Å². The average molecular weight is 261 g/mol. The second-order valence-electron chi connectivity index (χ2n) is 2.97. The minimum atomic E-state index is 0.162. The monoisotopic (exact) mass is 260 g/mol. The Hall–Kier alpha value is -0.850. The second kappa shape index (κ2) is 4.34. The first-order chi connectivity index (χ1) is 7.15. The zero-order chi connectivity index (χ0) is 10.8. The summed E-state index contributed by atoms with van der Waals surface area (Å²) in [5.74, 6) is 0.305. The maximum atomic E-state index is 5.86. The Kier molecular flexibility index (Phi) is 3.08. The molecule has 0 fully saturated rings. The number of aromatic nitrogens is 2. The van der Waals surface area contributed by atoms with Crippen molar-refractivity contribution in [2.75, 3.05) is 11.1 Å². The molecule has 1 atom stereocenters. The predicted molar refractivity (Wildman–Crippen MR) is 65.7 cm³/mol. The van der Waals surface area contributed by atoms with Crippen LogP contribution >= 0.6 is 34.5 Å². The summed E-state index contributed by atoms with van der Waals surface area (Å²) in [4.78, 5) is 5.19. The summed E-state index contributed by atoms with van der Waals surface area (Å²) >= 11 is 8.66. The van der Waals surface area contributed by atoms with Crippen molar-refractivity contribution in [1.29, 1.82) is 0 Å². The van der Waals surface area contributed by atoms with Gasteiger partial charge in [0.2, 0.25) is 11.1 Å². The fourth-order valence-corrected chi connectivity index (χ4v) is 2.76. The van der Waals surface area contributed by atoms with Crippen LogP contribution in [0, 0.1) is 0 Å². The van der Waals surface area contributed by atoms with Crippen LogP contribution in [0.2, 0.25) is 4.34 Å². The molecule has 2 aromatic rings. The van der Waals surface area contributed by atoms with Gasteiger partial charge in [0.1, 0.15) is 0 Å². The smallest absolute Gasteiger partial charge is 0.233 e.